The monoisotopic (exact) mass is 519 g/mol. The normalized spacial score (nSPS) is 14.5. The molecule has 2 aromatic heterocycles. The fourth-order valence-electron chi connectivity index (χ4n) is 3.50. The number of thiazole rings is 1. The maximum atomic E-state index is 13.2. The number of halogens is 3. The van der Waals surface area contributed by atoms with Gasteiger partial charge in [-0.3, -0.25) is 14.6 Å². The summed E-state index contributed by atoms with van der Waals surface area (Å²) >= 11 is 15.3. The molecule has 1 aromatic carbocycles. The molecule has 1 amide bonds. The minimum absolute atomic E-state index is 0. The maximum absolute atomic E-state index is 13.2. The lowest BCUT2D eigenvalue weighted by molar-refractivity contribution is -0.118. The van der Waals surface area contributed by atoms with Crippen LogP contribution in [0.15, 0.2) is 24.3 Å². The SMILES string of the molecule is Cc1c(Cl)ccc2sc(N(CCCN3CCOCC3)C(=O)Cc3ccc(Cl)s3)nc12.Cl. The van der Waals surface area contributed by atoms with Crippen molar-refractivity contribution in [1.82, 2.24) is 9.88 Å². The predicted molar refractivity (Wildman–Crippen MR) is 134 cm³/mol. The Kier molecular flexibility index (Phi) is 8.99. The number of hydrogen-bond donors (Lipinski definition) is 0. The number of benzene rings is 1. The van der Waals surface area contributed by atoms with Crippen LogP contribution in [0.4, 0.5) is 5.13 Å². The van der Waals surface area contributed by atoms with Crippen molar-refractivity contribution < 1.29 is 9.53 Å². The average molecular weight is 521 g/mol. The van der Waals surface area contributed by atoms with E-state index in [1.165, 1.54) is 22.7 Å². The molecule has 1 aliphatic rings. The maximum Gasteiger partial charge on any atom is 0.234 e. The van der Waals surface area contributed by atoms with Crippen molar-refractivity contribution in [3.8, 4) is 0 Å². The number of aromatic nitrogens is 1. The summed E-state index contributed by atoms with van der Waals surface area (Å²) in [5, 5.41) is 1.42. The lowest BCUT2D eigenvalue weighted by atomic mass is 10.2. The average Bonchev–Trinajstić information content (AvgIpc) is 3.35. The van der Waals surface area contributed by atoms with Gasteiger partial charge in [0, 0.05) is 36.1 Å². The van der Waals surface area contributed by atoms with Crippen LogP contribution >= 0.6 is 58.3 Å². The van der Waals surface area contributed by atoms with Gasteiger partial charge in [-0.25, -0.2) is 4.98 Å². The summed E-state index contributed by atoms with van der Waals surface area (Å²) in [6.07, 6.45) is 1.21. The highest BCUT2D eigenvalue weighted by molar-refractivity contribution is 7.22. The Morgan fingerprint density at radius 2 is 1.97 bits per heavy atom. The van der Waals surface area contributed by atoms with Crippen LogP contribution < -0.4 is 4.90 Å². The number of ether oxygens (including phenoxy) is 1. The van der Waals surface area contributed by atoms with E-state index in [-0.39, 0.29) is 18.3 Å². The van der Waals surface area contributed by atoms with Crippen molar-refractivity contribution in [2.24, 2.45) is 0 Å². The first-order valence-corrected chi connectivity index (χ1v) is 12.3. The van der Waals surface area contributed by atoms with Gasteiger partial charge in [0.1, 0.15) is 0 Å². The summed E-state index contributed by atoms with van der Waals surface area (Å²) in [5.41, 5.74) is 1.81. The fraction of sp³-hybridized carbons (Fsp3) is 0.429. The second-order valence-electron chi connectivity index (χ2n) is 7.25. The van der Waals surface area contributed by atoms with Gasteiger partial charge in [-0.1, -0.05) is 34.5 Å². The van der Waals surface area contributed by atoms with Gasteiger partial charge in [-0.2, -0.15) is 0 Å². The van der Waals surface area contributed by atoms with E-state index in [2.05, 4.69) is 4.90 Å². The lowest BCUT2D eigenvalue weighted by Gasteiger charge is -2.27. The highest BCUT2D eigenvalue weighted by atomic mass is 35.5. The predicted octanol–water partition coefficient (Wildman–Crippen LogP) is 5.69. The summed E-state index contributed by atoms with van der Waals surface area (Å²) in [6, 6.07) is 7.61. The zero-order valence-corrected chi connectivity index (χ0v) is 21.1. The van der Waals surface area contributed by atoms with E-state index in [0.717, 1.165) is 65.1 Å². The number of carbonyl (C=O) groups is 1. The number of rotatable bonds is 7. The number of anilines is 1. The molecule has 0 saturated carbocycles. The standard InChI is InChI=1S/C21H23Cl2N3O2S2.ClH/c1-14-16(22)4-5-17-20(14)24-21(30-17)26(8-2-7-25-9-11-28-12-10-25)19(27)13-15-3-6-18(23)29-15;/h3-6H,2,7-13H2,1H3;1H. The van der Waals surface area contributed by atoms with Crippen LogP contribution in [0.2, 0.25) is 9.36 Å². The molecule has 168 valence electrons. The van der Waals surface area contributed by atoms with E-state index >= 15 is 0 Å². The van der Waals surface area contributed by atoms with Gasteiger partial charge in [0.05, 0.1) is 34.2 Å². The number of nitrogens with zero attached hydrogens (tertiary/aromatic N) is 3. The Bertz CT molecular complexity index is 1030. The number of morpholine rings is 1. The topological polar surface area (TPSA) is 45.7 Å². The van der Waals surface area contributed by atoms with E-state index in [9.17, 15) is 4.79 Å². The van der Waals surface area contributed by atoms with E-state index < -0.39 is 0 Å². The first kappa shape index (κ1) is 24.7. The number of fused-ring (bicyclic) bond motifs is 1. The van der Waals surface area contributed by atoms with Gasteiger partial charge < -0.3 is 4.74 Å². The number of amides is 1. The van der Waals surface area contributed by atoms with Crippen molar-refractivity contribution in [3.63, 3.8) is 0 Å². The Hall–Kier alpha value is -0.930. The van der Waals surface area contributed by atoms with E-state index in [1.807, 2.05) is 36.1 Å². The molecule has 1 saturated heterocycles. The van der Waals surface area contributed by atoms with Crippen molar-refractivity contribution in [3.05, 3.63) is 44.1 Å². The van der Waals surface area contributed by atoms with E-state index in [1.54, 1.807) is 0 Å². The van der Waals surface area contributed by atoms with Gasteiger partial charge in [-0.05, 0) is 43.2 Å². The Balaban J connectivity index is 0.00000272. The molecular formula is C21H24Cl3N3O2S2. The van der Waals surface area contributed by atoms with Crippen LogP contribution in [-0.4, -0.2) is 55.2 Å². The molecule has 1 aliphatic heterocycles. The van der Waals surface area contributed by atoms with Gasteiger partial charge in [0.2, 0.25) is 5.91 Å². The number of hydrogen-bond acceptors (Lipinski definition) is 6. The molecule has 31 heavy (non-hydrogen) atoms. The van der Waals surface area contributed by atoms with Crippen molar-refractivity contribution in [1.29, 1.82) is 0 Å². The van der Waals surface area contributed by atoms with Crippen molar-refractivity contribution >= 4 is 79.5 Å². The molecule has 1 fully saturated rings. The molecule has 0 spiro atoms. The summed E-state index contributed by atoms with van der Waals surface area (Å²) in [4.78, 5) is 23.2. The summed E-state index contributed by atoms with van der Waals surface area (Å²) in [6.45, 7) is 6.97. The molecule has 0 unspecified atom stereocenters. The fourth-order valence-corrected chi connectivity index (χ4v) is 5.80. The van der Waals surface area contributed by atoms with Crippen LogP contribution in [0.25, 0.3) is 10.2 Å². The first-order chi connectivity index (χ1) is 14.5. The van der Waals surface area contributed by atoms with Crippen LogP contribution in [-0.2, 0) is 16.0 Å². The third-order valence-corrected chi connectivity index (χ3v) is 7.87. The Morgan fingerprint density at radius 1 is 1.19 bits per heavy atom. The van der Waals surface area contributed by atoms with Gasteiger partial charge in [0.25, 0.3) is 0 Å². The minimum atomic E-state index is 0. The van der Waals surface area contributed by atoms with Crippen LogP contribution in [0.5, 0.6) is 0 Å². The number of aryl methyl sites for hydroxylation is 1. The largest absolute Gasteiger partial charge is 0.379 e. The van der Waals surface area contributed by atoms with Crippen molar-refractivity contribution in [2.45, 2.75) is 19.8 Å². The summed E-state index contributed by atoms with van der Waals surface area (Å²) < 4.78 is 7.16. The molecule has 0 atom stereocenters. The lowest BCUT2D eigenvalue weighted by Crippen LogP contribution is -2.39. The van der Waals surface area contributed by atoms with Gasteiger partial charge in [-0.15, -0.1) is 23.7 Å². The van der Waals surface area contributed by atoms with Crippen molar-refractivity contribution in [2.75, 3.05) is 44.3 Å². The zero-order valence-electron chi connectivity index (χ0n) is 17.1. The molecule has 4 rings (SSSR count). The van der Waals surface area contributed by atoms with Crippen LogP contribution in [0.3, 0.4) is 0 Å². The molecule has 0 N–H and O–H groups in total. The van der Waals surface area contributed by atoms with Crippen LogP contribution in [0.1, 0.15) is 16.9 Å². The second kappa shape index (κ2) is 11.3. The molecule has 10 heteroatoms. The third kappa shape index (κ3) is 6.11. The number of carbonyl (C=O) groups excluding carboxylic acids is 1. The molecule has 0 aliphatic carbocycles. The molecule has 0 bridgehead atoms. The zero-order chi connectivity index (χ0) is 21.1. The Morgan fingerprint density at radius 3 is 2.68 bits per heavy atom. The molecular weight excluding hydrogens is 497 g/mol. The molecule has 0 radical (unpaired) electrons. The molecule has 3 heterocycles. The number of thiophene rings is 1. The van der Waals surface area contributed by atoms with Gasteiger partial charge in [0.15, 0.2) is 5.13 Å². The highest BCUT2D eigenvalue weighted by Crippen LogP contribution is 2.34. The minimum Gasteiger partial charge on any atom is -0.379 e. The Labute approximate surface area is 206 Å². The molecule has 5 nitrogen and oxygen atoms in total. The van der Waals surface area contributed by atoms with Gasteiger partial charge >= 0.3 is 0 Å². The second-order valence-corrected chi connectivity index (χ2v) is 10.5. The molecule has 3 aromatic rings. The smallest absolute Gasteiger partial charge is 0.234 e. The quantitative estimate of drug-likeness (QED) is 0.401. The summed E-state index contributed by atoms with van der Waals surface area (Å²) in [5.74, 6) is 0.0401. The highest BCUT2D eigenvalue weighted by Gasteiger charge is 2.22. The van der Waals surface area contributed by atoms with E-state index in [4.69, 9.17) is 32.9 Å². The summed E-state index contributed by atoms with van der Waals surface area (Å²) in [7, 11) is 0. The van der Waals surface area contributed by atoms with E-state index in [0.29, 0.717) is 22.3 Å². The first-order valence-electron chi connectivity index (χ1n) is 9.91. The third-order valence-electron chi connectivity index (χ3n) is 5.18. The van der Waals surface area contributed by atoms with Crippen LogP contribution in [0, 0.1) is 6.92 Å².